The minimum absolute atomic E-state index is 0.127. The smallest absolute Gasteiger partial charge is 0.217 e. The van der Waals surface area contributed by atoms with Gasteiger partial charge >= 0.3 is 0 Å². The first-order valence-electron chi connectivity index (χ1n) is 18.5. The zero-order valence-corrected chi connectivity index (χ0v) is 32.0. The maximum atomic E-state index is 11.7. The summed E-state index contributed by atoms with van der Waals surface area (Å²) in [6.07, 6.45) is -36.8. The third-order valence-corrected chi connectivity index (χ3v) is 10.2. The van der Waals surface area contributed by atoms with Crippen LogP contribution in [0.3, 0.4) is 0 Å². The number of hydrogen-bond donors (Lipinski definition) is 13. The molecule has 0 aromatic rings. The number of aliphatic hydroxyl groups is 12. The van der Waals surface area contributed by atoms with Crippen LogP contribution in [-0.2, 0) is 52.2 Å². The van der Waals surface area contributed by atoms with E-state index in [0.717, 1.165) is 0 Å². The van der Waals surface area contributed by atoms with E-state index in [1.54, 1.807) is 0 Å². The van der Waals surface area contributed by atoms with Gasteiger partial charge < -0.3 is 114 Å². The van der Waals surface area contributed by atoms with E-state index in [1.165, 1.54) is 34.8 Å². The zero-order chi connectivity index (χ0) is 42.5. The van der Waals surface area contributed by atoms with Crippen LogP contribution in [-0.4, -0.2) is 242 Å². The minimum Gasteiger partial charge on any atom is -0.394 e. The number of carbonyl (C=O) groups is 1. The van der Waals surface area contributed by atoms with E-state index >= 15 is 0 Å². The van der Waals surface area contributed by atoms with Gasteiger partial charge in [0.05, 0.1) is 44.7 Å². The van der Waals surface area contributed by atoms with Gasteiger partial charge in [-0.15, -0.1) is 0 Å². The largest absolute Gasteiger partial charge is 0.394 e. The summed E-state index contributed by atoms with van der Waals surface area (Å²) in [5.74, 6) is -0.391. The van der Waals surface area contributed by atoms with E-state index in [0.29, 0.717) is 0 Å². The lowest BCUT2D eigenvalue weighted by molar-refractivity contribution is -0.398. The Bertz CT molecular complexity index is 1220. The SMILES string of the molecule is CO[C@@H](CNC(C)=O)OC(CO)[C@@H](O)CO[C@@H]1OC(C)[C@H](O[C@H]2OC(CO)[C@@H](O)C(O)C2O)C(O[C@@H]2OC(C)[C@H](O)C(O)C2O[C@@H]2OC(C)[C@H](O)C(O)C2O)C1O. The first kappa shape index (κ1) is 48.3. The highest BCUT2D eigenvalue weighted by molar-refractivity contribution is 5.72. The van der Waals surface area contributed by atoms with Gasteiger partial charge in [0.1, 0.15) is 91.6 Å². The number of nitrogens with one attached hydrogen (secondary N) is 1. The Morgan fingerprint density at radius 1 is 0.632 bits per heavy atom. The van der Waals surface area contributed by atoms with Gasteiger partial charge in [-0.05, 0) is 20.8 Å². The molecule has 334 valence electrons. The zero-order valence-electron chi connectivity index (χ0n) is 32.0. The molecule has 23 atom stereocenters. The molecule has 0 saturated carbocycles. The highest BCUT2D eigenvalue weighted by atomic mass is 16.8. The fourth-order valence-corrected chi connectivity index (χ4v) is 6.66. The van der Waals surface area contributed by atoms with Crippen molar-refractivity contribution in [2.45, 2.75) is 169 Å². The number of amides is 1. The van der Waals surface area contributed by atoms with Crippen molar-refractivity contribution in [3.8, 4) is 0 Å². The van der Waals surface area contributed by atoms with Gasteiger partial charge in [-0.25, -0.2) is 0 Å². The molecule has 0 spiro atoms. The molecule has 57 heavy (non-hydrogen) atoms. The number of aliphatic hydroxyl groups excluding tert-OH is 12. The molecule has 13 unspecified atom stereocenters. The van der Waals surface area contributed by atoms with Crippen molar-refractivity contribution in [1.82, 2.24) is 5.32 Å². The van der Waals surface area contributed by atoms with E-state index in [9.17, 15) is 66.1 Å². The second-order valence-corrected chi connectivity index (χ2v) is 14.4. The molecule has 1 amide bonds. The quantitative estimate of drug-likeness (QED) is 0.0605. The normalized spacial score (nSPS) is 45.9. The number of carbonyl (C=O) groups excluding carboxylic acids is 1. The summed E-state index contributed by atoms with van der Waals surface area (Å²) >= 11 is 0. The van der Waals surface area contributed by atoms with Crippen LogP contribution >= 0.6 is 0 Å². The highest BCUT2D eigenvalue weighted by Gasteiger charge is 2.55. The minimum atomic E-state index is -1.93. The Morgan fingerprint density at radius 2 is 1.16 bits per heavy atom. The monoisotopic (exact) mass is 837 g/mol. The van der Waals surface area contributed by atoms with Crippen molar-refractivity contribution in [1.29, 1.82) is 0 Å². The Morgan fingerprint density at radius 3 is 1.74 bits per heavy atom. The lowest BCUT2D eigenvalue weighted by Crippen LogP contribution is -2.67. The summed E-state index contributed by atoms with van der Waals surface area (Å²) in [4.78, 5) is 11.3. The lowest BCUT2D eigenvalue weighted by Gasteiger charge is -2.50. The van der Waals surface area contributed by atoms with Crippen LogP contribution in [0.5, 0.6) is 0 Å². The van der Waals surface area contributed by atoms with Crippen LogP contribution in [0.1, 0.15) is 27.7 Å². The van der Waals surface area contributed by atoms with Crippen molar-refractivity contribution in [3.63, 3.8) is 0 Å². The van der Waals surface area contributed by atoms with Crippen molar-refractivity contribution >= 4 is 5.91 Å². The predicted molar refractivity (Wildman–Crippen MR) is 181 cm³/mol. The Balaban J connectivity index is 1.60. The number of ether oxygens (including phenoxy) is 10. The van der Waals surface area contributed by atoms with Gasteiger partial charge in [0.2, 0.25) is 5.91 Å². The Kier molecular flexibility index (Phi) is 18.1. The van der Waals surface area contributed by atoms with Crippen LogP contribution < -0.4 is 5.32 Å². The van der Waals surface area contributed by atoms with E-state index in [2.05, 4.69) is 5.32 Å². The highest BCUT2D eigenvalue weighted by Crippen LogP contribution is 2.35. The summed E-state index contributed by atoms with van der Waals surface area (Å²) in [6, 6.07) is 0. The van der Waals surface area contributed by atoms with Crippen LogP contribution in [0.15, 0.2) is 0 Å². The molecule has 0 aromatic heterocycles. The second kappa shape index (κ2) is 21.4. The molecule has 24 heteroatoms. The Labute approximate surface area is 327 Å². The second-order valence-electron chi connectivity index (χ2n) is 14.4. The molecule has 4 aliphatic rings. The maximum absolute atomic E-state index is 11.7. The molecule has 4 aliphatic heterocycles. The molecule has 4 heterocycles. The summed E-state index contributed by atoms with van der Waals surface area (Å²) in [5.41, 5.74) is 0. The van der Waals surface area contributed by atoms with Crippen molar-refractivity contribution < 1.29 is 113 Å². The van der Waals surface area contributed by atoms with Crippen molar-refractivity contribution in [2.75, 3.05) is 33.5 Å². The molecule has 4 saturated heterocycles. The van der Waals surface area contributed by atoms with Gasteiger partial charge in [0.15, 0.2) is 31.5 Å². The number of methoxy groups -OCH3 is 1. The number of hydrogen-bond acceptors (Lipinski definition) is 23. The van der Waals surface area contributed by atoms with Gasteiger partial charge in [-0.2, -0.15) is 0 Å². The standard InChI is InChI=1S/C33H59NO23/c1-10-18(39)21(42)24(45)31(50-10)57-29-23(44)19(40)11(2)51-33(29)56-28-26(47)30(49-9-14(38)15(7-35)53-17(48-5)6-34-13(4)37)52-12(3)27(28)55-32-25(46)22(43)20(41)16(8-36)54-32/h10-12,14-33,35-36,38-47H,6-9H2,1-5H3,(H,34,37)/t10?,11?,12?,14-,15?,16?,17+,18-,19-,20+,21?,22?,23?,24?,25?,26?,27-,28?,29?,30+,31-,32+,33-/m0/s1. The average molecular weight is 838 g/mol. The van der Waals surface area contributed by atoms with Gasteiger partial charge in [0, 0.05) is 14.0 Å². The molecule has 0 aliphatic carbocycles. The first-order valence-corrected chi connectivity index (χ1v) is 18.5. The van der Waals surface area contributed by atoms with Gasteiger partial charge in [-0.3, -0.25) is 4.79 Å². The lowest BCUT2D eigenvalue weighted by atomic mass is 9.96. The third-order valence-electron chi connectivity index (χ3n) is 10.2. The summed E-state index contributed by atoms with van der Waals surface area (Å²) in [5, 5.41) is 129. The molecule has 4 rings (SSSR count). The van der Waals surface area contributed by atoms with Crippen LogP contribution in [0, 0.1) is 0 Å². The van der Waals surface area contributed by atoms with E-state index < -0.39 is 167 Å². The fourth-order valence-electron chi connectivity index (χ4n) is 6.66. The van der Waals surface area contributed by atoms with Crippen LogP contribution in [0.4, 0.5) is 0 Å². The molecule has 4 fully saturated rings. The van der Waals surface area contributed by atoms with Crippen LogP contribution in [0.25, 0.3) is 0 Å². The summed E-state index contributed by atoms with van der Waals surface area (Å²) in [6.45, 7) is 3.10. The predicted octanol–water partition coefficient (Wildman–Crippen LogP) is -7.79. The van der Waals surface area contributed by atoms with Crippen molar-refractivity contribution in [2.24, 2.45) is 0 Å². The maximum Gasteiger partial charge on any atom is 0.217 e. The average Bonchev–Trinajstić information content (AvgIpc) is 3.18. The molecule has 0 radical (unpaired) electrons. The third kappa shape index (κ3) is 11.5. The van der Waals surface area contributed by atoms with Gasteiger partial charge in [-0.1, -0.05) is 0 Å². The summed E-state index contributed by atoms with van der Waals surface area (Å²) < 4.78 is 57.1. The van der Waals surface area contributed by atoms with Gasteiger partial charge in [0.25, 0.3) is 0 Å². The number of rotatable bonds is 17. The first-order chi connectivity index (χ1) is 26.8. The Hall–Kier alpha value is -1.41. The fraction of sp³-hybridized carbons (Fsp3) is 0.970. The molecular weight excluding hydrogens is 778 g/mol. The molecule has 0 bridgehead atoms. The topological polar surface area (TPSA) is 364 Å². The molecular formula is C33H59NO23. The molecule has 13 N–H and O–H groups in total. The molecule has 0 aromatic carbocycles. The summed E-state index contributed by atoms with van der Waals surface area (Å²) in [7, 11) is 1.27. The molecule has 24 nitrogen and oxygen atoms in total. The van der Waals surface area contributed by atoms with Crippen molar-refractivity contribution in [3.05, 3.63) is 0 Å². The van der Waals surface area contributed by atoms with Crippen LogP contribution in [0.2, 0.25) is 0 Å². The van der Waals surface area contributed by atoms with E-state index in [-0.39, 0.29) is 6.54 Å². The van der Waals surface area contributed by atoms with E-state index in [4.69, 9.17) is 47.4 Å². The van der Waals surface area contributed by atoms with E-state index in [1.807, 2.05) is 0 Å².